The summed E-state index contributed by atoms with van der Waals surface area (Å²) in [6, 6.07) is 16.1. The highest BCUT2D eigenvalue weighted by molar-refractivity contribution is 5.82. The van der Waals surface area contributed by atoms with E-state index in [0.29, 0.717) is 24.4 Å². The second kappa shape index (κ2) is 8.03. The van der Waals surface area contributed by atoms with Crippen molar-refractivity contribution in [3.05, 3.63) is 72.8 Å². The summed E-state index contributed by atoms with van der Waals surface area (Å²) in [5, 5.41) is 26.9. The van der Waals surface area contributed by atoms with E-state index in [9.17, 15) is 5.11 Å². The van der Waals surface area contributed by atoms with Gasteiger partial charge in [-0.1, -0.05) is 0 Å². The summed E-state index contributed by atoms with van der Waals surface area (Å²) in [5.41, 5.74) is 2.48. The molecule has 0 radical (unpaired) electrons. The van der Waals surface area contributed by atoms with Gasteiger partial charge in [0.1, 0.15) is 11.5 Å². The summed E-state index contributed by atoms with van der Waals surface area (Å²) >= 11 is 0. The molecule has 0 amide bonds. The smallest absolute Gasteiger partial charge is 0.233 e. The Bertz CT molecular complexity index is 1300. The zero-order valence-electron chi connectivity index (χ0n) is 16.2. The predicted octanol–water partition coefficient (Wildman–Crippen LogP) is 4.15. The van der Waals surface area contributed by atoms with E-state index >= 15 is 0 Å². The normalized spacial score (nSPS) is 10.8. The summed E-state index contributed by atoms with van der Waals surface area (Å²) < 4.78 is 5.35. The minimum Gasteiger partial charge on any atom is -0.508 e. The maximum absolute atomic E-state index is 9.49. The van der Waals surface area contributed by atoms with E-state index in [1.807, 2.05) is 30.3 Å². The van der Waals surface area contributed by atoms with Gasteiger partial charge in [-0.3, -0.25) is 5.10 Å². The van der Waals surface area contributed by atoms with E-state index in [2.05, 4.69) is 41.1 Å². The Kier molecular flexibility index (Phi) is 4.77. The molecule has 0 spiro atoms. The quantitative estimate of drug-likeness (QED) is 0.249. The number of fused-ring (bicyclic) bond motifs is 1. The highest BCUT2D eigenvalue weighted by Crippen LogP contribution is 2.22. The van der Waals surface area contributed by atoms with Gasteiger partial charge in [-0.15, -0.1) is 0 Å². The monoisotopic (exact) mass is 414 g/mol. The van der Waals surface area contributed by atoms with E-state index < -0.39 is 0 Å². The number of furan rings is 1. The van der Waals surface area contributed by atoms with Crippen molar-refractivity contribution in [3.8, 4) is 5.75 Å². The lowest BCUT2D eigenvalue weighted by Crippen LogP contribution is -2.09. The van der Waals surface area contributed by atoms with E-state index in [4.69, 9.17) is 4.42 Å². The van der Waals surface area contributed by atoms with Crippen LogP contribution in [0.3, 0.4) is 0 Å². The van der Waals surface area contributed by atoms with Crippen LogP contribution in [-0.4, -0.2) is 30.3 Å². The van der Waals surface area contributed by atoms with Crippen LogP contribution in [0, 0.1) is 0 Å². The van der Waals surface area contributed by atoms with Gasteiger partial charge in [-0.25, -0.2) is 0 Å². The fourth-order valence-corrected chi connectivity index (χ4v) is 2.97. The van der Waals surface area contributed by atoms with Crippen molar-refractivity contribution in [2.75, 3.05) is 16.0 Å². The number of rotatable bonds is 7. The molecule has 5 N–H and O–H groups in total. The van der Waals surface area contributed by atoms with Crippen molar-refractivity contribution >= 4 is 40.1 Å². The Hall–Kier alpha value is -4.60. The van der Waals surface area contributed by atoms with Crippen LogP contribution in [0.2, 0.25) is 0 Å². The van der Waals surface area contributed by atoms with Crippen molar-refractivity contribution in [3.63, 3.8) is 0 Å². The molecule has 0 aliphatic heterocycles. The van der Waals surface area contributed by atoms with Gasteiger partial charge >= 0.3 is 0 Å². The molecule has 3 aromatic heterocycles. The molecule has 0 saturated heterocycles. The second-order valence-corrected chi connectivity index (χ2v) is 6.71. The van der Waals surface area contributed by atoms with Gasteiger partial charge in [0.05, 0.1) is 24.5 Å². The molecular weight excluding hydrogens is 396 g/mol. The number of nitrogens with zero attached hydrogens (tertiary/aromatic N) is 4. The zero-order valence-corrected chi connectivity index (χ0v) is 16.2. The lowest BCUT2D eigenvalue weighted by atomic mass is 10.2. The molecular formula is C21H18N8O2. The van der Waals surface area contributed by atoms with Crippen LogP contribution in [0.15, 0.2) is 71.5 Å². The van der Waals surface area contributed by atoms with Crippen molar-refractivity contribution in [1.82, 2.24) is 25.1 Å². The summed E-state index contributed by atoms with van der Waals surface area (Å²) in [5.74, 6) is 2.02. The Labute approximate surface area is 176 Å². The molecule has 5 aromatic rings. The fraction of sp³-hybridized carbons (Fsp3) is 0.0476. The third-order valence-electron chi connectivity index (χ3n) is 4.46. The molecule has 0 aliphatic carbocycles. The Morgan fingerprint density at radius 2 is 1.61 bits per heavy atom. The molecule has 10 nitrogen and oxygen atoms in total. The topological polar surface area (TPSA) is 137 Å². The minimum atomic E-state index is 0.180. The Morgan fingerprint density at radius 1 is 0.871 bits per heavy atom. The van der Waals surface area contributed by atoms with Crippen LogP contribution in [0.5, 0.6) is 5.75 Å². The number of hydrogen-bond acceptors (Lipinski definition) is 9. The lowest BCUT2D eigenvalue weighted by Gasteiger charge is -2.11. The first-order valence-corrected chi connectivity index (χ1v) is 9.50. The van der Waals surface area contributed by atoms with Crippen molar-refractivity contribution in [2.45, 2.75) is 6.54 Å². The average Bonchev–Trinajstić information content (AvgIpc) is 3.45. The number of aromatic amines is 1. The molecule has 2 aromatic carbocycles. The number of H-pyrrole nitrogens is 1. The van der Waals surface area contributed by atoms with Crippen molar-refractivity contribution in [2.24, 2.45) is 0 Å². The van der Waals surface area contributed by atoms with Gasteiger partial charge in [0.2, 0.25) is 17.8 Å². The number of anilines is 5. The first-order chi connectivity index (χ1) is 15.2. The first-order valence-electron chi connectivity index (χ1n) is 9.50. The molecule has 154 valence electrons. The fourth-order valence-electron chi connectivity index (χ4n) is 2.97. The van der Waals surface area contributed by atoms with E-state index in [0.717, 1.165) is 28.0 Å². The highest BCUT2D eigenvalue weighted by Gasteiger charge is 2.09. The van der Waals surface area contributed by atoms with E-state index in [1.54, 1.807) is 36.7 Å². The second-order valence-electron chi connectivity index (χ2n) is 6.71. The molecule has 0 atom stereocenters. The SMILES string of the molecule is Oc1ccc(Nc2nc(NCc3ccco3)nc(Nc3ccc4[nH]ncc4c3)n2)cc1. The van der Waals surface area contributed by atoms with Crippen LogP contribution in [-0.2, 0) is 6.54 Å². The molecule has 31 heavy (non-hydrogen) atoms. The lowest BCUT2D eigenvalue weighted by molar-refractivity contribution is 0.475. The minimum absolute atomic E-state index is 0.180. The molecule has 0 aliphatic rings. The number of phenolic OH excluding ortho intramolecular Hbond substituents is 1. The highest BCUT2D eigenvalue weighted by atomic mass is 16.3. The van der Waals surface area contributed by atoms with Gasteiger partial charge in [-0.05, 0) is 54.6 Å². The first kappa shape index (κ1) is 18.4. The predicted molar refractivity (Wildman–Crippen MR) is 117 cm³/mol. The Morgan fingerprint density at radius 3 is 2.39 bits per heavy atom. The average molecular weight is 414 g/mol. The molecule has 0 fully saturated rings. The number of phenols is 1. The molecule has 0 unspecified atom stereocenters. The maximum atomic E-state index is 9.49. The summed E-state index contributed by atoms with van der Waals surface area (Å²) in [4.78, 5) is 13.4. The molecule has 5 rings (SSSR count). The molecule has 0 saturated carbocycles. The van der Waals surface area contributed by atoms with Gasteiger partial charge in [0.25, 0.3) is 0 Å². The molecule has 10 heteroatoms. The van der Waals surface area contributed by atoms with E-state index in [1.165, 1.54) is 0 Å². The third kappa shape index (κ3) is 4.37. The third-order valence-corrected chi connectivity index (χ3v) is 4.46. The van der Waals surface area contributed by atoms with Crippen LogP contribution >= 0.6 is 0 Å². The van der Waals surface area contributed by atoms with Gasteiger partial charge < -0.3 is 25.5 Å². The number of nitrogens with one attached hydrogen (secondary N) is 4. The van der Waals surface area contributed by atoms with Gasteiger partial charge in [0, 0.05) is 16.8 Å². The summed E-state index contributed by atoms with van der Waals surface area (Å²) in [6.45, 7) is 0.427. The maximum Gasteiger partial charge on any atom is 0.233 e. The molecule has 3 heterocycles. The number of hydrogen-bond donors (Lipinski definition) is 5. The van der Waals surface area contributed by atoms with Crippen molar-refractivity contribution < 1.29 is 9.52 Å². The number of benzene rings is 2. The number of aromatic hydroxyl groups is 1. The van der Waals surface area contributed by atoms with Crippen LogP contribution < -0.4 is 16.0 Å². The van der Waals surface area contributed by atoms with Gasteiger partial charge in [0.15, 0.2) is 0 Å². The van der Waals surface area contributed by atoms with Gasteiger partial charge in [-0.2, -0.15) is 20.1 Å². The standard InChI is InChI=1S/C21H18N8O2/c30-16-6-3-14(4-7-16)24-20-26-19(22-12-17-2-1-9-31-17)27-21(28-20)25-15-5-8-18-13(10-15)11-23-29-18/h1-11,30H,12H2,(H,23,29)(H3,22,24,25,26,27,28). The Balaban J connectivity index is 1.42. The largest absolute Gasteiger partial charge is 0.508 e. The van der Waals surface area contributed by atoms with Crippen LogP contribution in [0.4, 0.5) is 29.2 Å². The van der Waals surface area contributed by atoms with Crippen LogP contribution in [0.1, 0.15) is 5.76 Å². The summed E-state index contributed by atoms with van der Waals surface area (Å²) in [6.07, 6.45) is 3.36. The summed E-state index contributed by atoms with van der Waals surface area (Å²) in [7, 11) is 0. The number of aromatic nitrogens is 5. The van der Waals surface area contributed by atoms with Crippen LogP contribution in [0.25, 0.3) is 10.9 Å². The zero-order chi connectivity index (χ0) is 21.0. The van der Waals surface area contributed by atoms with E-state index in [-0.39, 0.29) is 5.75 Å². The van der Waals surface area contributed by atoms with Crippen molar-refractivity contribution in [1.29, 1.82) is 0 Å². The molecule has 0 bridgehead atoms.